The predicted octanol–water partition coefficient (Wildman–Crippen LogP) is 1.17. The SMILES string of the molecule is CN(C)CCN(CC(=O)O)C(=O)[C@@H]1CCN(c2cccc(Cl)c2)C1=O. The van der Waals surface area contributed by atoms with Gasteiger partial charge < -0.3 is 19.8 Å². The van der Waals surface area contributed by atoms with Crippen molar-refractivity contribution in [2.45, 2.75) is 6.42 Å². The average molecular weight is 368 g/mol. The van der Waals surface area contributed by atoms with Gasteiger partial charge in [0, 0.05) is 30.3 Å². The fourth-order valence-corrected chi connectivity index (χ4v) is 2.97. The van der Waals surface area contributed by atoms with E-state index in [-0.39, 0.29) is 12.5 Å². The van der Waals surface area contributed by atoms with Crippen LogP contribution in [0.3, 0.4) is 0 Å². The Labute approximate surface area is 151 Å². The monoisotopic (exact) mass is 367 g/mol. The maximum absolute atomic E-state index is 12.7. The number of likely N-dealkylation sites (N-methyl/N-ethyl adjacent to an activating group) is 1. The molecule has 136 valence electrons. The highest BCUT2D eigenvalue weighted by molar-refractivity contribution is 6.31. The zero-order chi connectivity index (χ0) is 18.6. The molecule has 25 heavy (non-hydrogen) atoms. The Morgan fingerprint density at radius 1 is 1.32 bits per heavy atom. The van der Waals surface area contributed by atoms with Gasteiger partial charge in [0.15, 0.2) is 0 Å². The number of anilines is 1. The van der Waals surface area contributed by atoms with Crippen molar-refractivity contribution in [3.05, 3.63) is 29.3 Å². The lowest BCUT2D eigenvalue weighted by molar-refractivity contribution is -0.148. The number of nitrogens with zero attached hydrogens (tertiary/aromatic N) is 3. The van der Waals surface area contributed by atoms with Crippen molar-refractivity contribution in [1.82, 2.24) is 9.80 Å². The third kappa shape index (κ3) is 4.93. The number of carboxylic acid groups (broad SMARTS) is 1. The van der Waals surface area contributed by atoms with Gasteiger partial charge in [-0.2, -0.15) is 0 Å². The molecule has 1 saturated heterocycles. The molecule has 1 aliphatic rings. The lowest BCUT2D eigenvalue weighted by atomic mass is 10.1. The van der Waals surface area contributed by atoms with Gasteiger partial charge in [0.05, 0.1) is 0 Å². The van der Waals surface area contributed by atoms with Gasteiger partial charge in [-0.15, -0.1) is 0 Å². The van der Waals surface area contributed by atoms with Crippen LogP contribution in [0.5, 0.6) is 0 Å². The van der Waals surface area contributed by atoms with Crippen molar-refractivity contribution >= 4 is 35.1 Å². The molecule has 7 nitrogen and oxygen atoms in total. The zero-order valence-electron chi connectivity index (χ0n) is 14.3. The molecule has 1 aromatic rings. The molecule has 0 aromatic heterocycles. The van der Waals surface area contributed by atoms with Crippen LogP contribution in [0.25, 0.3) is 0 Å². The molecule has 0 aliphatic carbocycles. The Bertz CT molecular complexity index is 665. The first-order valence-electron chi connectivity index (χ1n) is 8.02. The second-order valence-electron chi connectivity index (χ2n) is 6.27. The topological polar surface area (TPSA) is 81.2 Å². The number of carbonyl (C=O) groups is 3. The highest BCUT2D eigenvalue weighted by atomic mass is 35.5. The van der Waals surface area contributed by atoms with E-state index in [9.17, 15) is 14.4 Å². The third-order valence-electron chi connectivity index (χ3n) is 4.08. The molecule has 1 N–H and O–H groups in total. The average Bonchev–Trinajstić information content (AvgIpc) is 2.92. The number of amides is 2. The fourth-order valence-electron chi connectivity index (χ4n) is 2.78. The molecular weight excluding hydrogens is 346 g/mol. The van der Waals surface area contributed by atoms with Crippen molar-refractivity contribution in [1.29, 1.82) is 0 Å². The zero-order valence-corrected chi connectivity index (χ0v) is 15.1. The van der Waals surface area contributed by atoms with Gasteiger partial charge in [0.25, 0.3) is 0 Å². The summed E-state index contributed by atoms with van der Waals surface area (Å²) in [6.07, 6.45) is 0.363. The highest BCUT2D eigenvalue weighted by Crippen LogP contribution is 2.28. The Balaban J connectivity index is 2.12. The minimum absolute atomic E-state index is 0.263. The van der Waals surface area contributed by atoms with Crippen molar-refractivity contribution in [3.63, 3.8) is 0 Å². The standard InChI is InChI=1S/C17H22ClN3O4/c1-19(2)8-9-20(11-15(22)23)16(24)14-6-7-21(17(14)25)13-5-3-4-12(18)10-13/h3-5,10,14H,6-9,11H2,1-2H3,(H,22,23)/t14-/m0/s1. The summed E-state index contributed by atoms with van der Waals surface area (Å²) in [4.78, 5) is 41.1. The summed E-state index contributed by atoms with van der Waals surface area (Å²) in [5, 5.41) is 9.56. The van der Waals surface area contributed by atoms with E-state index in [2.05, 4.69) is 0 Å². The Morgan fingerprint density at radius 3 is 2.64 bits per heavy atom. The van der Waals surface area contributed by atoms with E-state index in [0.717, 1.165) is 0 Å². The van der Waals surface area contributed by atoms with Gasteiger partial charge in [-0.1, -0.05) is 17.7 Å². The van der Waals surface area contributed by atoms with E-state index in [4.69, 9.17) is 16.7 Å². The molecule has 8 heteroatoms. The molecule has 0 radical (unpaired) electrons. The molecule has 0 bridgehead atoms. The minimum Gasteiger partial charge on any atom is -0.480 e. The van der Waals surface area contributed by atoms with Gasteiger partial charge >= 0.3 is 5.97 Å². The quantitative estimate of drug-likeness (QED) is 0.731. The van der Waals surface area contributed by atoms with Gasteiger partial charge in [0.1, 0.15) is 12.5 Å². The number of rotatable bonds is 7. The first kappa shape index (κ1) is 19.2. The number of hydrogen-bond donors (Lipinski definition) is 1. The summed E-state index contributed by atoms with van der Waals surface area (Å²) in [5.41, 5.74) is 0.644. The number of halogens is 1. The van der Waals surface area contributed by atoms with Crippen molar-refractivity contribution in [2.24, 2.45) is 5.92 Å². The van der Waals surface area contributed by atoms with Crippen LogP contribution in [-0.2, 0) is 14.4 Å². The molecule has 1 aliphatic heterocycles. The third-order valence-corrected chi connectivity index (χ3v) is 4.31. The van der Waals surface area contributed by atoms with Gasteiger partial charge in [-0.3, -0.25) is 14.4 Å². The molecule has 2 rings (SSSR count). The number of aliphatic carboxylic acids is 1. The second kappa shape index (κ2) is 8.31. The van der Waals surface area contributed by atoms with Crippen molar-refractivity contribution in [3.8, 4) is 0 Å². The number of carboxylic acids is 1. The molecule has 0 spiro atoms. The summed E-state index contributed by atoms with van der Waals surface area (Å²) in [6.45, 7) is 0.787. The van der Waals surface area contributed by atoms with Crippen molar-refractivity contribution in [2.75, 3.05) is 45.2 Å². The summed E-state index contributed by atoms with van der Waals surface area (Å²) >= 11 is 5.97. The first-order valence-corrected chi connectivity index (χ1v) is 8.39. The Morgan fingerprint density at radius 2 is 2.04 bits per heavy atom. The first-order chi connectivity index (χ1) is 11.8. The summed E-state index contributed by atoms with van der Waals surface area (Å²) in [5.74, 6) is -2.68. The Kier molecular flexibility index (Phi) is 6.39. The summed E-state index contributed by atoms with van der Waals surface area (Å²) in [7, 11) is 3.68. The number of benzene rings is 1. The molecule has 1 heterocycles. The molecule has 1 aromatic carbocycles. The van der Waals surface area contributed by atoms with E-state index in [1.54, 1.807) is 24.3 Å². The lowest BCUT2D eigenvalue weighted by Crippen LogP contribution is -2.45. The fraction of sp³-hybridized carbons (Fsp3) is 0.471. The van der Waals surface area contributed by atoms with Crippen LogP contribution in [0.1, 0.15) is 6.42 Å². The normalized spacial score (nSPS) is 17.2. The molecule has 1 atom stereocenters. The molecule has 0 unspecified atom stereocenters. The number of carbonyl (C=O) groups excluding carboxylic acids is 2. The molecular formula is C17H22ClN3O4. The van der Waals surface area contributed by atoms with E-state index >= 15 is 0 Å². The lowest BCUT2D eigenvalue weighted by Gasteiger charge is -2.25. The van der Waals surface area contributed by atoms with Gasteiger partial charge in [-0.05, 0) is 38.7 Å². The van der Waals surface area contributed by atoms with Crippen LogP contribution in [0.2, 0.25) is 5.02 Å². The summed E-state index contributed by atoms with van der Waals surface area (Å²) < 4.78 is 0. The van der Waals surface area contributed by atoms with Gasteiger partial charge in [0.2, 0.25) is 11.8 Å². The maximum atomic E-state index is 12.7. The van der Waals surface area contributed by atoms with E-state index in [0.29, 0.717) is 30.2 Å². The van der Waals surface area contributed by atoms with E-state index in [1.165, 1.54) is 9.80 Å². The minimum atomic E-state index is -1.09. The molecule has 2 amide bonds. The molecule has 1 fully saturated rings. The largest absolute Gasteiger partial charge is 0.480 e. The van der Waals surface area contributed by atoms with Crippen LogP contribution in [0.15, 0.2) is 24.3 Å². The summed E-state index contributed by atoms with van der Waals surface area (Å²) in [6, 6.07) is 6.89. The van der Waals surface area contributed by atoms with Gasteiger partial charge in [-0.25, -0.2) is 0 Å². The van der Waals surface area contributed by atoms with E-state index < -0.39 is 24.3 Å². The Hall–Kier alpha value is -2.12. The molecule has 0 saturated carbocycles. The smallest absolute Gasteiger partial charge is 0.323 e. The maximum Gasteiger partial charge on any atom is 0.323 e. The van der Waals surface area contributed by atoms with E-state index in [1.807, 2.05) is 19.0 Å². The second-order valence-corrected chi connectivity index (χ2v) is 6.70. The van der Waals surface area contributed by atoms with Crippen molar-refractivity contribution < 1.29 is 19.5 Å². The predicted molar refractivity (Wildman–Crippen MR) is 94.7 cm³/mol. The van der Waals surface area contributed by atoms with Crippen LogP contribution in [0, 0.1) is 5.92 Å². The van der Waals surface area contributed by atoms with Crippen LogP contribution >= 0.6 is 11.6 Å². The van der Waals surface area contributed by atoms with Crippen LogP contribution in [0.4, 0.5) is 5.69 Å². The number of hydrogen-bond acceptors (Lipinski definition) is 4. The van der Waals surface area contributed by atoms with Crippen LogP contribution in [-0.4, -0.2) is 73.0 Å². The highest BCUT2D eigenvalue weighted by Gasteiger charge is 2.40. The van der Waals surface area contributed by atoms with Crippen LogP contribution < -0.4 is 4.90 Å².